The first-order valence-electron chi connectivity index (χ1n) is 7.21. The lowest BCUT2D eigenvalue weighted by molar-refractivity contribution is -0.137. The van der Waals surface area contributed by atoms with Gasteiger partial charge in [0.15, 0.2) is 0 Å². The largest absolute Gasteiger partial charge is 0.416 e. The van der Waals surface area contributed by atoms with Crippen LogP contribution in [-0.2, 0) is 12.7 Å². The summed E-state index contributed by atoms with van der Waals surface area (Å²) in [6.07, 6.45) is -4.45. The summed E-state index contributed by atoms with van der Waals surface area (Å²) in [5, 5.41) is 6.29. The van der Waals surface area contributed by atoms with E-state index >= 15 is 0 Å². The highest BCUT2D eigenvalue weighted by Crippen LogP contribution is 2.34. The standard InChI is InChI=1S/C16H11ClF3N3O2S/c17-11-5-4-10(26-11)13-12(14(21)25-23-13)15(24)22-7-8-2-1-3-9(6-8)16(18,19)20/h1-6H,7,21H2,(H,22,24). The monoisotopic (exact) mass is 401 g/mol. The molecule has 0 fully saturated rings. The molecule has 1 amide bonds. The molecule has 3 rings (SSSR count). The first-order chi connectivity index (χ1) is 12.3. The van der Waals surface area contributed by atoms with Crippen molar-refractivity contribution >= 4 is 34.7 Å². The molecule has 0 saturated heterocycles. The number of carbonyl (C=O) groups excluding carboxylic acids is 1. The zero-order chi connectivity index (χ0) is 18.9. The third-order valence-corrected chi connectivity index (χ3v) is 4.70. The molecule has 2 aromatic heterocycles. The summed E-state index contributed by atoms with van der Waals surface area (Å²) in [7, 11) is 0. The number of hydrogen-bond acceptors (Lipinski definition) is 5. The second kappa shape index (κ2) is 7.00. The summed E-state index contributed by atoms with van der Waals surface area (Å²) in [4.78, 5) is 13.0. The molecule has 10 heteroatoms. The van der Waals surface area contributed by atoms with Gasteiger partial charge >= 0.3 is 6.18 Å². The average molecular weight is 402 g/mol. The maximum absolute atomic E-state index is 12.8. The van der Waals surface area contributed by atoms with E-state index in [2.05, 4.69) is 10.5 Å². The minimum atomic E-state index is -4.45. The van der Waals surface area contributed by atoms with E-state index in [1.807, 2.05) is 0 Å². The molecule has 2 heterocycles. The summed E-state index contributed by atoms with van der Waals surface area (Å²) in [5.41, 5.74) is 5.41. The first kappa shape index (κ1) is 18.3. The van der Waals surface area contributed by atoms with Crippen molar-refractivity contribution in [2.24, 2.45) is 0 Å². The number of alkyl halides is 3. The molecule has 0 aliphatic rings. The number of hydrogen-bond donors (Lipinski definition) is 2. The molecule has 136 valence electrons. The SMILES string of the molecule is Nc1onc(-c2ccc(Cl)s2)c1C(=O)NCc1cccc(C(F)(F)F)c1. The lowest BCUT2D eigenvalue weighted by Gasteiger charge is -2.09. The Kier molecular flexibility index (Phi) is 4.92. The molecule has 0 atom stereocenters. The zero-order valence-corrected chi connectivity index (χ0v) is 14.5. The fraction of sp³-hybridized carbons (Fsp3) is 0.125. The Morgan fingerprint density at radius 3 is 2.73 bits per heavy atom. The maximum atomic E-state index is 12.8. The number of benzene rings is 1. The van der Waals surface area contributed by atoms with Crippen LogP contribution in [-0.4, -0.2) is 11.1 Å². The first-order valence-corrected chi connectivity index (χ1v) is 8.40. The molecule has 0 aliphatic carbocycles. The summed E-state index contributed by atoms with van der Waals surface area (Å²) >= 11 is 7.07. The highest BCUT2D eigenvalue weighted by molar-refractivity contribution is 7.19. The van der Waals surface area contributed by atoms with Crippen LogP contribution < -0.4 is 11.1 Å². The third kappa shape index (κ3) is 3.83. The van der Waals surface area contributed by atoms with Crippen molar-refractivity contribution in [3.8, 4) is 10.6 Å². The van der Waals surface area contributed by atoms with Crippen LogP contribution in [0, 0.1) is 0 Å². The van der Waals surface area contributed by atoms with Gasteiger partial charge in [-0.2, -0.15) is 13.2 Å². The second-order valence-electron chi connectivity index (χ2n) is 5.26. The van der Waals surface area contributed by atoms with Crippen LogP contribution in [0.5, 0.6) is 0 Å². The van der Waals surface area contributed by atoms with E-state index in [0.29, 0.717) is 14.8 Å². The fourth-order valence-electron chi connectivity index (χ4n) is 2.26. The Labute approximate surface area is 154 Å². The van der Waals surface area contributed by atoms with Crippen molar-refractivity contribution in [3.05, 3.63) is 57.4 Å². The fourth-order valence-corrected chi connectivity index (χ4v) is 3.29. The predicted octanol–water partition coefficient (Wildman–Crippen LogP) is 4.59. The number of rotatable bonds is 4. The lowest BCUT2D eigenvalue weighted by Crippen LogP contribution is -2.24. The molecule has 0 aliphatic heterocycles. The van der Waals surface area contributed by atoms with Crippen molar-refractivity contribution in [2.75, 3.05) is 5.73 Å². The summed E-state index contributed by atoms with van der Waals surface area (Å²) in [6.45, 7) is -0.113. The topological polar surface area (TPSA) is 81.2 Å². The van der Waals surface area contributed by atoms with E-state index in [0.717, 1.165) is 12.1 Å². The molecular formula is C16H11ClF3N3O2S. The van der Waals surface area contributed by atoms with Gasteiger partial charge in [-0.05, 0) is 29.8 Å². The number of nitrogens with one attached hydrogen (secondary N) is 1. The van der Waals surface area contributed by atoms with Crippen molar-refractivity contribution in [1.29, 1.82) is 0 Å². The molecular weight excluding hydrogens is 391 g/mol. The third-order valence-electron chi connectivity index (χ3n) is 3.46. The van der Waals surface area contributed by atoms with Gasteiger partial charge in [0.05, 0.1) is 14.8 Å². The van der Waals surface area contributed by atoms with Crippen LogP contribution in [0.3, 0.4) is 0 Å². The van der Waals surface area contributed by atoms with Gasteiger partial charge < -0.3 is 15.6 Å². The second-order valence-corrected chi connectivity index (χ2v) is 6.97. The molecule has 5 nitrogen and oxygen atoms in total. The van der Waals surface area contributed by atoms with E-state index in [1.165, 1.54) is 23.5 Å². The molecule has 0 spiro atoms. The van der Waals surface area contributed by atoms with Crippen LogP contribution in [0.25, 0.3) is 10.6 Å². The molecule has 26 heavy (non-hydrogen) atoms. The van der Waals surface area contributed by atoms with E-state index < -0.39 is 17.6 Å². The molecule has 0 unspecified atom stereocenters. The molecule has 3 aromatic rings. The van der Waals surface area contributed by atoms with E-state index in [9.17, 15) is 18.0 Å². The number of amides is 1. The van der Waals surface area contributed by atoms with E-state index in [4.69, 9.17) is 21.9 Å². The summed E-state index contributed by atoms with van der Waals surface area (Å²) in [6, 6.07) is 7.98. The van der Waals surface area contributed by atoms with Crippen molar-refractivity contribution in [2.45, 2.75) is 12.7 Å². The number of nitrogens with zero attached hydrogens (tertiary/aromatic N) is 1. The van der Waals surface area contributed by atoms with Crippen molar-refractivity contribution < 1.29 is 22.5 Å². The number of anilines is 1. The van der Waals surface area contributed by atoms with Gasteiger partial charge in [-0.25, -0.2) is 0 Å². The number of aromatic nitrogens is 1. The Hall–Kier alpha value is -2.52. The maximum Gasteiger partial charge on any atom is 0.416 e. The minimum Gasteiger partial charge on any atom is -0.367 e. The number of nitrogens with two attached hydrogens (primary N) is 1. The van der Waals surface area contributed by atoms with Crippen LogP contribution in [0.4, 0.5) is 19.1 Å². The van der Waals surface area contributed by atoms with Gasteiger partial charge in [0.25, 0.3) is 5.91 Å². The number of thiophene rings is 1. The molecule has 0 radical (unpaired) electrons. The molecule has 0 saturated carbocycles. The Balaban J connectivity index is 1.79. The van der Waals surface area contributed by atoms with Gasteiger partial charge in [0, 0.05) is 6.54 Å². The van der Waals surface area contributed by atoms with E-state index in [-0.39, 0.29) is 23.7 Å². The van der Waals surface area contributed by atoms with Gasteiger partial charge in [-0.15, -0.1) is 11.3 Å². The number of carbonyl (C=O) groups is 1. The highest BCUT2D eigenvalue weighted by Gasteiger charge is 2.30. The van der Waals surface area contributed by atoms with Gasteiger partial charge in [0.1, 0.15) is 11.3 Å². The molecule has 0 bridgehead atoms. The predicted molar refractivity (Wildman–Crippen MR) is 91.9 cm³/mol. The number of halogens is 4. The Morgan fingerprint density at radius 2 is 2.08 bits per heavy atom. The average Bonchev–Trinajstić information content (AvgIpc) is 3.18. The van der Waals surface area contributed by atoms with Crippen molar-refractivity contribution in [3.63, 3.8) is 0 Å². The van der Waals surface area contributed by atoms with Gasteiger partial charge in [-0.3, -0.25) is 4.79 Å². The normalized spacial score (nSPS) is 11.5. The molecule has 1 aromatic carbocycles. The summed E-state index contributed by atoms with van der Waals surface area (Å²) in [5.74, 6) is -0.799. The highest BCUT2D eigenvalue weighted by atomic mass is 35.5. The van der Waals surface area contributed by atoms with Gasteiger partial charge in [-0.1, -0.05) is 28.9 Å². The Morgan fingerprint density at radius 1 is 1.31 bits per heavy atom. The Bertz CT molecular complexity index is 952. The smallest absolute Gasteiger partial charge is 0.367 e. The molecule has 3 N–H and O–H groups in total. The lowest BCUT2D eigenvalue weighted by atomic mass is 10.1. The quantitative estimate of drug-likeness (QED) is 0.670. The van der Waals surface area contributed by atoms with E-state index in [1.54, 1.807) is 12.1 Å². The van der Waals surface area contributed by atoms with Crippen LogP contribution in [0.1, 0.15) is 21.5 Å². The minimum absolute atomic E-state index is 0.00972. The van der Waals surface area contributed by atoms with Crippen LogP contribution >= 0.6 is 22.9 Å². The van der Waals surface area contributed by atoms with Crippen LogP contribution in [0.15, 0.2) is 40.9 Å². The number of nitrogen functional groups attached to an aromatic ring is 1. The van der Waals surface area contributed by atoms with Gasteiger partial charge in [0.2, 0.25) is 5.88 Å². The summed E-state index contributed by atoms with van der Waals surface area (Å²) < 4.78 is 43.6. The zero-order valence-electron chi connectivity index (χ0n) is 12.9. The van der Waals surface area contributed by atoms with Crippen LogP contribution in [0.2, 0.25) is 4.34 Å². The van der Waals surface area contributed by atoms with Crippen molar-refractivity contribution in [1.82, 2.24) is 10.5 Å².